The summed E-state index contributed by atoms with van der Waals surface area (Å²) in [5, 5.41) is 0. The average Bonchev–Trinajstić information content (AvgIpc) is 2.24. The molecule has 1 heterocycles. The molecule has 0 N–H and O–H groups in total. The maximum atomic E-state index is 12.8. The van der Waals surface area contributed by atoms with Crippen molar-refractivity contribution in [2.75, 3.05) is 13.1 Å². The summed E-state index contributed by atoms with van der Waals surface area (Å²) in [6, 6.07) is -1.31. The predicted octanol–water partition coefficient (Wildman–Crippen LogP) is 2.37. The number of likely N-dealkylation sites (tertiary alicyclic amines) is 1. The highest BCUT2D eigenvalue weighted by atomic mass is 19.3. The number of hydrogen-bond acceptors (Lipinski definition) is 1. The Hall–Kier alpha value is -0.320. The first-order valence-electron chi connectivity index (χ1n) is 4.26. The van der Waals surface area contributed by atoms with E-state index in [9.17, 15) is 17.6 Å². The number of halogens is 4. The predicted molar refractivity (Wildman–Crippen MR) is 41.2 cm³/mol. The van der Waals surface area contributed by atoms with Crippen molar-refractivity contribution in [3.05, 3.63) is 0 Å². The molecule has 13 heavy (non-hydrogen) atoms. The fraction of sp³-hybridized carbons (Fsp3) is 1.00. The Balaban J connectivity index is 2.75. The van der Waals surface area contributed by atoms with Crippen molar-refractivity contribution in [3.63, 3.8) is 0 Å². The zero-order chi connectivity index (χ0) is 10.3. The van der Waals surface area contributed by atoms with Crippen LogP contribution in [0.4, 0.5) is 17.6 Å². The van der Waals surface area contributed by atoms with Crippen molar-refractivity contribution in [2.45, 2.75) is 38.2 Å². The third kappa shape index (κ3) is 2.33. The van der Waals surface area contributed by atoms with Gasteiger partial charge in [-0.2, -0.15) is 0 Å². The van der Waals surface area contributed by atoms with E-state index in [1.54, 1.807) is 6.92 Å². The molecule has 1 aliphatic rings. The molecular weight excluding hydrogens is 186 g/mol. The standard InChI is InChI=1S/C8H13F4N/c1-3-13-5-8(11,12)4-6(13)7(2,9)10/h6H,3-5H2,1-2H3. The van der Waals surface area contributed by atoms with Gasteiger partial charge in [-0.15, -0.1) is 0 Å². The molecule has 0 amide bonds. The van der Waals surface area contributed by atoms with Crippen LogP contribution in [0, 0.1) is 0 Å². The molecule has 0 radical (unpaired) electrons. The monoisotopic (exact) mass is 199 g/mol. The number of rotatable bonds is 2. The second kappa shape index (κ2) is 3.12. The van der Waals surface area contributed by atoms with Gasteiger partial charge in [-0.1, -0.05) is 6.92 Å². The molecule has 0 aromatic rings. The molecular formula is C8H13F4N. The van der Waals surface area contributed by atoms with Crippen LogP contribution in [0.15, 0.2) is 0 Å². The Morgan fingerprint density at radius 1 is 1.46 bits per heavy atom. The number of hydrogen-bond donors (Lipinski definition) is 0. The van der Waals surface area contributed by atoms with Crippen molar-refractivity contribution in [2.24, 2.45) is 0 Å². The lowest BCUT2D eigenvalue weighted by molar-refractivity contribution is -0.0540. The maximum Gasteiger partial charge on any atom is 0.262 e. The minimum absolute atomic E-state index is 0.240. The molecule has 1 nitrogen and oxygen atoms in total. The van der Waals surface area contributed by atoms with Crippen LogP contribution in [0.25, 0.3) is 0 Å². The van der Waals surface area contributed by atoms with Crippen LogP contribution < -0.4 is 0 Å². The van der Waals surface area contributed by atoms with Crippen LogP contribution in [-0.4, -0.2) is 35.9 Å². The van der Waals surface area contributed by atoms with Gasteiger partial charge in [-0.05, 0) is 6.54 Å². The van der Waals surface area contributed by atoms with Gasteiger partial charge in [0.25, 0.3) is 11.8 Å². The highest BCUT2D eigenvalue weighted by Crippen LogP contribution is 2.38. The summed E-state index contributed by atoms with van der Waals surface area (Å²) in [5.41, 5.74) is 0. The van der Waals surface area contributed by atoms with Crippen LogP contribution in [0.2, 0.25) is 0 Å². The van der Waals surface area contributed by atoms with E-state index in [2.05, 4.69) is 0 Å². The molecule has 78 valence electrons. The summed E-state index contributed by atoms with van der Waals surface area (Å²) in [6.07, 6.45) is -0.732. The molecule has 0 aromatic heterocycles. The first kappa shape index (κ1) is 10.8. The van der Waals surface area contributed by atoms with Gasteiger partial charge >= 0.3 is 0 Å². The molecule has 1 rings (SSSR count). The van der Waals surface area contributed by atoms with E-state index in [0.717, 1.165) is 4.90 Å². The molecule has 0 aliphatic carbocycles. The minimum Gasteiger partial charge on any atom is -0.289 e. The lowest BCUT2D eigenvalue weighted by atomic mass is 10.1. The van der Waals surface area contributed by atoms with Crippen LogP contribution >= 0.6 is 0 Å². The highest BCUT2D eigenvalue weighted by Gasteiger charge is 2.52. The van der Waals surface area contributed by atoms with Gasteiger partial charge in [0.1, 0.15) is 0 Å². The summed E-state index contributed by atoms with van der Waals surface area (Å²) in [7, 11) is 0. The summed E-state index contributed by atoms with van der Waals surface area (Å²) < 4.78 is 51.2. The van der Waals surface area contributed by atoms with E-state index in [1.807, 2.05) is 0 Å². The molecule has 1 unspecified atom stereocenters. The third-order valence-corrected chi connectivity index (χ3v) is 2.36. The van der Waals surface area contributed by atoms with E-state index in [4.69, 9.17) is 0 Å². The first-order valence-corrected chi connectivity index (χ1v) is 4.26. The van der Waals surface area contributed by atoms with Crippen molar-refractivity contribution in [1.29, 1.82) is 0 Å². The molecule has 0 bridgehead atoms. The summed E-state index contributed by atoms with van der Waals surface area (Å²) in [4.78, 5) is 1.14. The maximum absolute atomic E-state index is 12.8. The van der Waals surface area contributed by atoms with Gasteiger partial charge in [0.05, 0.1) is 12.6 Å². The van der Waals surface area contributed by atoms with Crippen LogP contribution in [0.5, 0.6) is 0 Å². The van der Waals surface area contributed by atoms with Crippen LogP contribution in [0.3, 0.4) is 0 Å². The fourth-order valence-corrected chi connectivity index (χ4v) is 1.72. The van der Waals surface area contributed by atoms with Gasteiger partial charge < -0.3 is 0 Å². The fourth-order valence-electron chi connectivity index (χ4n) is 1.72. The summed E-state index contributed by atoms with van der Waals surface area (Å²) >= 11 is 0. The van der Waals surface area contributed by atoms with Gasteiger partial charge in [-0.3, -0.25) is 4.90 Å². The molecule has 5 heteroatoms. The zero-order valence-corrected chi connectivity index (χ0v) is 7.66. The Morgan fingerprint density at radius 2 is 2.00 bits per heavy atom. The quantitative estimate of drug-likeness (QED) is 0.617. The minimum atomic E-state index is -3.05. The number of nitrogens with zero attached hydrogens (tertiary/aromatic N) is 1. The largest absolute Gasteiger partial charge is 0.289 e. The third-order valence-electron chi connectivity index (χ3n) is 2.36. The SMILES string of the molecule is CCN1CC(F)(F)CC1C(C)(F)F. The van der Waals surface area contributed by atoms with Crippen LogP contribution in [0.1, 0.15) is 20.3 Å². The summed E-state index contributed by atoms with van der Waals surface area (Å²) in [6.45, 7) is 2.00. The topological polar surface area (TPSA) is 3.24 Å². The van der Waals surface area contributed by atoms with E-state index >= 15 is 0 Å². The Kier molecular flexibility index (Phi) is 2.58. The normalized spacial score (nSPS) is 29.5. The zero-order valence-electron chi connectivity index (χ0n) is 7.66. The smallest absolute Gasteiger partial charge is 0.262 e. The Labute approximate surface area is 74.7 Å². The van der Waals surface area contributed by atoms with Crippen molar-refractivity contribution >= 4 is 0 Å². The second-order valence-electron chi connectivity index (χ2n) is 3.60. The van der Waals surface area contributed by atoms with Gasteiger partial charge in [0.2, 0.25) is 0 Å². The van der Waals surface area contributed by atoms with E-state index < -0.39 is 30.9 Å². The van der Waals surface area contributed by atoms with Crippen molar-refractivity contribution in [3.8, 4) is 0 Å². The second-order valence-corrected chi connectivity index (χ2v) is 3.60. The Morgan fingerprint density at radius 3 is 2.31 bits per heavy atom. The molecule has 1 aliphatic heterocycles. The van der Waals surface area contributed by atoms with Crippen molar-refractivity contribution < 1.29 is 17.6 Å². The molecule has 1 saturated heterocycles. The lowest BCUT2D eigenvalue weighted by Gasteiger charge is -2.26. The number of alkyl halides is 4. The van der Waals surface area contributed by atoms with Gasteiger partial charge in [-0.25, -0.2) is 17.6 Å². The Bertz CT molecular complexity index is 187. The molecule has 1 atom stereocenters. The lowest BCUT2D eigenvalue weighted by Crippen LogP contribution is -2.41. The molecule has 0 aromatic carbocycles. The van der Waals surface area contributed by atoms with E-state index in [0.29, 0.717) is 6.92 Å². The van der Waals surface area contributed by atoms with Gasteiger partial charge in [0, 0.05) is 13.3 Å². The van der Waals surface area contributed by atoms with E-state index in [-0.39, 0.29) is 6.54 Å². The average molecular weight is 199 g/mol. The molecule has 0 spiro atoms. The van der Waals surface area contributed by atoms with E-state index in [1.165, 1.54) is 0 Å². The molecule has 0 saturated carbocycles. The van der Waals surface area contributed by atoms with Gasteiger partial charge in [0.15, 0.2) is 0 Å². The van der Waals surface area contributed by atoms with Crippen molar-refractivity contribution in [1.82, 2.24) is 4.90 Å². The van der Waals surface area contributed by atoms with Crippen LogP contribution in [-0.2, 0) is 0 Å². The highest BCUT2D eigenvalue weighted by molar-refractivity contribution is 4.95. The summed E-state index contributed by atoms with van der Waals surface area (Å²) in [5.74, 6) is -6.00. The first-order chi connectivity index (χ1) is 5.76. The molecule has 1 fully saturated rings.